The summed E-state index contributed by atoms with van der Waals surface area (Å²) >= 11 is 1.30. The molecule has 6 heteroatoms. The number of aromatic nitrogens is 2. The third kappa shape index (κ3) is 1.34. The summed E-state index contributed by atoms with van der Waals surface area (Å²) in [6, 6.07) is 6.24. The Bertz CT molecular complexity index is 803. The van der Waals surface area contributed by atoms with E-state index in [1.165, 1.54) is 34.1 Å². The molecule has 0 unspecified atom stereocenters. The molecule has 0 saturated carbocycles. The molecule has 0 saturated heterocycles. The number of fused-ring (bicyclic) bond motifs is 3. The number of carboxylic acid groups (broad SMARTS) is 1. The van der Waals surface area contributed by atoms with Crippen LogP contribution in [0.15, 0.2) is 35.3 Å². The third-order valence-electron chi connectivity index (χ3n) is 2.47. The molecule has 0 bridgehead atoms. The summed E-state index contributed by atoms with van der Waals surface area (Å²) < 4.78 is 2.07. The molecule has 3 rings (SSSR count). The molecule has 17 heavy (non-hydrogen) atoms. The maximum atomic E-state index is 11.8. The van der Waals surface area contributed by atoms with Crippen LogP contribution in [-0.2, 0) is 0 Å². The topological polar surface area (TPSA) is 71.7 Å². The van der Waals surface area contributed by atoms with Crippen LogP contribution in [0, 0.1) is 0 Å². The monoisotopic (exact) mass is 246 g/mol. The van der Waals surface area contributed by atoms with E-state index in [2.05, 4.69) is 4.98 Å². The highest BCUT2D eigenvalue weighted by Crippen LogP contribution is 2.26. The van der Waals surface area contributed by atoms with Crippen molar-refractivity contribution in [2.75, 3.05) is 0 Å². The van der Waals surface area contributed by atoms with Crippen LogP contribution in [0.4, 0.5) is 0 Å². The average molecular weight is 246 g/mol. The molecule has 0 fully saturated rings. The van der Waals surface area contributed by atoms with Crippen molar-refractivity contribution in [3.05, 3.63) is 46.4 Å². The van der Waals surface area contributed by atoms with E-state index in [1.807, 2.05) is 0 Å². The lowest BCUT2D eigenvalue weighted by atomic mass is 10.2. The Morgan fingerprint density at radius 1 is 1.35 bits per heavy atom. The number of hydrogen-bond donors (Lipinski definition) is 1. The van der Waals surface area contributed by atoms with Crippen LogP contribution in [-0.4, -0.2) is 20.5 Å². The van der Waals surface area contributed by atoms with Gasteiger partial charge in [-0.3, -0.25) is 9.20 Å². The van der Waals surface area contributed by atoms with Crippen LogP contribution in [0.25, 0.3) is 15.2 Å². The average Bonchev–Trinajstić information content (AvgIpc) is 2.67. The first-order chi connectivity index (χ1) is 8.18. The number of carbonyl (C=O) groups is 1. The van der Waals surface area contributed by atoms with E-state index in [4.69, 9.17) is 5.11 Å². The van der Waals surface area contributed by atoms with Gasteiger partial charge in [-0.25, -0.2) is 9.78 Å². The number of thiazole rings is 1. The molecule has 0 aliphatic rings. The Balaban J connectivity index is 2.66. The predicted molar refractivity (Wildman–Crippen MR) is 63.8 cm³/mol. The number of aromatic carboxylic acids is 1. The summed E-state index contributed by atoms with van der Waals surface area (Å²) in [5.74, 6) is -1.05. The number of nitrogens with zero attached hydrogens (tertiary/aromatic N) is 2. The fourth-order valence-corrected chi connectivity index (χ4v) is 2.80. The van der Waals surface area contributed by atoms with Gasteiger partial charge in [-0.15, -0.1) is 0 Å². The molecule has 84 valence electrons. The number of carboxylic acids is 1. The number of rotatable bonds is 1. The van der Waals surface area contributed by atoms with Gasteiger partial charge in [-0.2, -0.15) is 0 Å². The Kier molecular flexibility index (Phi) is 1.99. The van der Waals surface area contributed by atoms with Crippen molar-refractivity contribution in [2.45, 2.75) is 0 Å². The Hall–Kier alpha value is -2.21. The van der Waals surface area contributed by atoms with Gasteiger partial charge in [0.15, 0.2) is 4.96 Å². The van der Waals surface area contributed by atoms with E-state index < -0.39 is 5.97 Å². The highest BCUT2D eigenvalue weighted by molar-refractivity contribution is 7.23. The van der Waals surface area contributed by atoms with Gasteiger partial charge < -0.3 is 5.11 Å². The number of hydrogen-bond acceptors (Lipinski definition) is 4. The van der Waals surface area contributed by atoms with Crippen LogP contribution in [0.2, 0.25) is 0 Å². The molecular weight excluding hydrogens is 240 g/mol. The molecule has 0 aliphatic heterocycles. The van der Waals surface area contributed by atoms with Gasteiger partial charge in [-0.05, 0) is 12.1 Å². The number of benzene rings is 1. The zero-order valence-corrected chi connectivity index (χ0v) is 9.27. The maximum absolute atomic E-state index is 11.8. The summed E-state index contributed by atoms with van der Waals surface area (Å²) in [6.45, 7) is 0. The second kappa shape index (κ2) is 3.39. The summed E-state index contributed by atoms with van der Waals surface area (Å²) in [5, 5.41) is 9.12. The molecule has 0 amide bonds. The molecule has 1 aromatic carbocycles. The predicted octanol–water partition coefficient (Wildman–Crippen LogP) is 1.61. The zero-order valence-electron chi connectivity index (χ0n) is 8.45. The molecule has 5 nitrogen and oxygen atoms in total. The smallest absolute Gasteiger partial charge is 0.337 e. The van der Waals surface area contributed by atoms with E-state index in [-0.39, 0.29) is 11.1 Å². The standard InChI is InChI=1S/C11H6N2O3S/c14-8-4-5-12-11-13(8)9-6(10(15)16)2-1-3-7(9)17-11/h1-5H,(H,15,16). The summed E-state index contributed by atoms with van der Waals surface area (Å²) in [7, 11) is 0. The lowest BCUT2D eigenvalue weighted by Gasteiger charge is -1.98. The molecule has 2 aromatic heterocycles. The Morgan fingerprint density at radius 3 is 2.94 bits per heavy atom. The fourth-order valence-electron chi connectivity index (χ4n) is 1.78. The lowest BCUT2D eigenvalue weighted by molar-refractivity contribution is 0.0699. The van der Waals surface area contributed by atoms with Gasteiger partial charge in [0.05, 0.1) is 15.8 Å². The zero-order chi connectivity index (χ0) is 12.0. The van der Waals surface area contributed by atoms with Gasteiger partial charge in [0.1, 0.15) is 0 Å². The van der Waals surface area contributed by atoms with E-state index >= 15 is 0 Å². The van der Waals surface area contributed by atoms with Crippen molar-refractivity contribution < 1.29 is 9.90 Å². The summed E-state index contributed by atoms with van der Waals surface area (Å²) in [4.78, 5) is 27.5. The first-order valence-electron chi connectivity index (χ1n) is 4.81. The largest absolute Gasteiger partial charge is 0.478 e. The second-order valence-electron chi connectivity index (χ2n) is 3.46. The highest BCUT2D eigenvalue weighted by Gasteiger charge is 2.14. The molecule has 0 aliphatic carbocycles. The summed E-state index contributed by atoms with van der Waals surface area (Å²) in [6.07, 6.45) is 1.42. The quantitative estimate of drug-likeness (QED) is 0.708. The van der Waals surface area contributed by atoms with Crippen molar-refractivity contribution in [3.8, 4) is 0 Å². The first-order valence-corrected chi connectivity index (χ1v) is 5.63. The van der Waals surface area contributed by atoms with Crippen LogP contribution < -0.4 is 5.56 Å². The van der Waals surface area contributed by atoms with Gasteiger partial charge in [-0.1, -0.05) is 17.4 Å². The van der Waals surface area contributed by atoms with Crippen LogP contribution >= 0.6 is 11.3 Å². The molecule has 2 heterocycles. The Morgan fingerprint density at radius 2 is 2.18 bits per heavy atom. The van der Waals surface area contributed by atoms with Crippen molar-refractivity contribution >= 4 is 32.5 Å². The minimum Gasteiger partial charge on any atom is -0.478 e. The van der Waals surface area contributed by atoms with Gasteiger partial charge in [0.2, 0.25) is 0 Å². The normalized spacial score (nSPS) is 11.1. The fraction of sp³-hybridized carbons (Fsp3) is 0. The molecule has 0 radical (unpaired) electrons. The molecule has 3 aromatic rings. The van der Waals surface area contributed by atoms with Crippen molar-refractivity contribution in [2.24, 2.45) is 0 Å². The first kappa shape index (κ1) is 9.98. The van der Waals surface area contributed by atoms with E-state index in [1.54, 1.807) is 12.1 Å². The minimum atomic E-state index is -1.05. The molecular formula is C11H6N2O3S. The van der Waals surface area contributed by atoms with Gasteiger partial charge in [0, 0.05) is 12.3 Å². The van der Waals surface area contributed by atoms with E-state index in [0.29, 0.717) is 10.5 Å². The Labute approximate surface area is 98.6 Å². The number of para-hydroxylation sites is 1. The van der Waals surface area contributed by atoms with Crippen LogP contribution in [0.1, 0.15) is 10.4 Å². The van der Waals surface area contributed by atoms with Crippen molar-refractivity contribution in [1.82, 2.24) is 9.38 Å². The van der Waals surface area contributed by atoms with E-state index in [0.717, 1.165) is 4.70 Å². The maximum Gasteiger partial charge on any atom is 0.337 e. The van der Waals surface area contributed by atoms with Crippen LogP contribution in [0.5, 0.6) is 0 Å². The minimum absolute atomic E-state index is 0.115. The summed E-state index contributed by atoms with van der Waals surface area (Å²) in [5.41, 5.74) is 0.261. The molecule has 0 atom stereocenters. The van der Waals surface area contributed by atoms with Gasteiger partial charge in [0.25, 0.3) is 5.56 Å². The van der Waals surface area contributed by atoms with Gasteiger partial charge >= 0.3 is 5.97 Å². The van der Waals surface area contributed by atoms with Crippen molar-refractivity contribution in [3.63, 3.8) is 0 Å². The molecule has 0 spiro atoms. The third-order valence-corrected chi connectivity index (χ3v) is 3.49. The SMILES string of the molecule is O=C(O)c1cccc2sc3nccc(=O)n3c12. The van der Waals surface area contributed by atoms with E-state index in [9.17, 15) is 9.59 Å². The van der Waals surface area contributed by atoms with Crippen LogP contribution in [0.3, 0.4) is 0 Å². The highest BCUT2D eigenvalue weighted by atomic mass is 32.1. The molecule has 1 N–H and O–H groups in total. The second-order valence-corrected chi connectivity index (χ2v) is 4.47. The van der Waals surface area contributed by atoms with Crippen molar-refractivity contribution in [1.29, 1.82) is 0 Å². The lowest BCUT2D eigenvalue weighted by Crippen LogP contribution is -2.12.